The Morgan fingerprint density at radius 2 is 2.27 bits per heavy atom. The van der Waals surface area contributed by atoms with Gasteiger partial charge in [0.25, 0.3) is 0 Å². The van der Waals surface area contributed by atoms with Crippen molar-refractivity contribution in [1.29, 1.82) is 0 Å². The topological polar surface area (TPSA) is 46.5 Å². The Hall–Kier alpha value is -0.570. The van der Waals surface area contributed by atoms with Crippen LogP contribution in [0.2, 0.25) is 0 Å². The van der Waals surface area contributed by atoms with Crippen molar-refractivity contribution in [3.8, 4) is 0 Å². The van der Waals surface area contributed by atoms with E-state index in [2.05, 4.69) is 11.7 Å². The third-order valence-corrected chi connectivity index (χ3v) is 2.40. The van der Waals surface area contributed by atoms with Crippen molar-refractivity contribution in [2.75, 3.05) is 13.7 Å². The molecule has 1 rings (SSSR count). The molecule has 1 saturated carbocycles. The highest BCUT2D eigenvalue weighted by Crippen LogP contribution is 2.45. The number of methoxy groups -OCH3 is 1. The quantitative estimate of drug-likeness (QED) is 0.597. The molecule has 0 heterocycles. The van der Waals surface area contributed by atoms with Crippen LogP contribution in [0.3, 0.4) is 0 Å². The lowest BCUT2D eigenvalue weighted by Gasteiger charge is -2.42. The molecule has 0 saturated heterocycles. The fourth-order valence-corrected chi connectivity index (χ4v) is 1.85. The zero-order chi connectivity index (χ0) is 8.48. The van der Waals surface area contributed by atoms with Crippen LogP contribution in [0.15, 0.2) is 0 Å². The first-order valence-corrected chi connectivity index (χ1v) is 3.84. The van der Waals surface area contributed by atoms with Gasteiger partial charge in [-0.05, 0) is 18.8 Å². The van der Waals surface area contributed by atoms with Gasteiger partial charge in [-0.25, -0.2) is 0 Å². The van der Waals surface area contributed by atoms with E-state index in [0.717, 1.165) is 12.8 Å². The van der Waals surface area contributed by atoms with Crippen LogP contribution in [0.5, 0.6) is 0 Å². The summed E-state index contributed by atoms with van der Waals surface area (Å²) in [4.78, 5) is 11.1. The number of esters is 1. The molecule has 0 aromatic heterocycles. The Balaban J connectivity index is 2.57. The number of aliphatic hydroxyl groups is 1. The Morgan fingerprint density at radius 1 is 1.73 bits per heavy atom. The first kappa shape index (κ1) is 8.53. The van der Waals surface area contributed by atoms with Crippen LogP contribution in [0.1, 0.15) is 19.8 Å². The second-order valence-corrected chi connectivity index (χ2v) is 3.44. The van der Waals surface area contributed by atoms with Gasteiger partial charge < -0.3 is 9.84 Å². The highest BCUT2D eigenvalue weighted by atomic mass is 16.5. The summed E-state index contributed by atoms with van der Waals surface area (Å²) in [5.41, 5.74) is -0.561. The zero-order valence-corrected chi connectivity index (χ0v) is 6.96. The van der Waals surface area contributed by atoms with Crippen LogP contribution in [0, 0.1) is 11.3 Å². The molecule has 0 bridgehead atoms. The van der Waals surface area contributed by atoms with E-state index in [1.54, 1.807) is 0 Å². The maximum atomic E-state index is 11.1. The minimum absolute atomic E-state index is 0.0794. The van der Waals surface area contributed by atoms with E-state index >= 15 is 0 Å². The smallest absolute Gasteiger partial charge is 0.314 e. The molecule has 64 valence electrons. The minimum atomic E-state index is -0.561. The summed E-state index contributed by atoms with van der Waals surface area (Å²) in [6.07, 6.45) is 1.52. The van der Waals surface area contributed by atoms with Crippen LogP contribution in [0.4, 0.5) is 0 Å². The second-order valence-electron chi connectivity index (χ2n) is 3.44. The lowest BCUT2D eigenvalue weighted by atomic mass is 9.63. The predicted molar refractivity (Wildman–Crippen MR) is 39.9 cm³/mol. The van der Waals surface area contributed by atoms with E-state index in [1.165, 1.54) is 7.11 Å². The molecule has 1 aliphatic rings. The summed E-state index contributed by atoms with van der Waals surface area (Å²) in [6.45, 7) is 1.99. The van der Waals surface area contributed by atoms with Gasteiger partial charge in [0.15, 0.2) is 0 Å². The normalized spacial score (nSPS) is 36.1. The number of aliphatic hydroxyl groups excluding tert-OH is 1. The number of rotatable bonds is 2. The summed E-state index contributed by atoms with van der Waals surface area (Å²) in [5.74, 6) is 0.277. The van der Waals surface area contributed by atoms with Gasteiger partial charge in [-0.15, -0.1) is 0 Å². The van der Waals surface area contributed by atoms with Crippen molar-refractivity contribution in [2.24, 2.45) is 11.3 Å². The van der Waals surface area contributed by atoms with Crippen molar-refractivity contribution in [3.05, 3.63) is 0 Å². The van der Waals surface area contributed by atoms with Crippen molar-refractivity contribution in [3.63, 3.8) is 0 Å². The Labute approximate surface area is 66.4 Å². The number of ether oxygens (including phenoxy) is 1. The van der Waals surface area contributed by atoms with E-state index in [0.29, 0.717) is 5.92 Å². The fourth-order valence-electron chi connectivity index (χ4n) is 1.85. The first-order chi connectivity index (χ1) is 5.14. The molecule has 0 amide bonds. The third-order valence-electron chi connectivity index (χ3n) is 2.40. The van der Waals surface area contributed by atoms with E-state index in [9.17, 15) is 4.79 Å². The van der Waals surface area contributed by atoms with E-state index in [4.69, 9.17) is 5.11 Å². The lowest BCUT2D eigenvalue weighted by molar-refractivity contribution is -0.165. The first-order valence-electron chi connectivity index (χ1n) is 3.84. The third kappa shape index (κ3) is 1.25. The summed E-state index contributed by atoms with van der Waals surface area (Å²) >= 11 is 0. The highest BCUT2D eigenvalue weighted by Gasteiger charge is 2.48. The van der Waals surface area contributed by atoms with Gasteiger partial charge in [0.2, 0.25) is 0 Å². The Kier molecular flexibility index (Phi) is 2.18. The minimum Gasteiger partial charge on any atom is -0.469 e. The molecule has 3 nitrogen and oxygen atoms in total. The Bertz CT molecular complexity index is 159. The summed E-state index contributed by atoms with van der Waals surface area (Å²) in [7, 11) is 1.36. The summed E-state index contributed by atoms with van der Waals surface area (Å²) < 4.78 is 4.60. The van der Waals surface area contributed by atoms with Crippen LogP contribution < -0.4 is 0 Å². The van der Waals surface area contributed by atoms with Gasteiger partial charge in [-0.2, -0.15) is 0 Å². The molecule has 1 N–H and O–H groups in total. The largest absolute Gasteiger partial charge is 0.469 e. The standard InChI is InChI=1S/C8H14O3/c1-6-3-8(4-6,5-9)7(10)11-2/h6,9H,3-5H2,1-2H3. The molecule has 0 aromatic carbocycles. The van der Waals surface area contributed by atoms with Gasteiger partial charge >= 0.3 is 5.97 Å². The SMILES string of the molecule is COC(=O)C1(CO)CC(C)C1. The molecule has 3 heteroatoms. The molecular weight excluding hydrogens is 144 g/mol. The van der Waals surface area contributed by atoms with Crippen LogP contribution in [0.25, 0.3) is 0 Å². The molecular formula is C8H14O3. The monoisotopic (exact) mass is 158 g/mol. The van der Waals surface area contributed by atoms with Crippen molar-refractivity contribution >= 4 is 5.97 Å². The number of hydrogen-bond donors (Lipinski definition) is 1. The molecule has 0 aliphatic heterocycles. The maximum Gasteiger partial charge on any atom is 0.314 e. The van der Waals surface area contributed by atoms with Crippen molar-refractivity contribution in [1.82, 2.24) is 0 Å². The molecule has 0 aromatic rings. The molecule has 1 aliphatic carbocycles. The van der Waals surface area contributed by atoms with Crippen LogP contribution >= 0.6 is 0 Å². The number of carbonyl (C=O) groups excluding carboxylic acids is 1. The highest BCUT2D eigenvalue weighted by molar-refractivity contribution is 5.78. The zero-order valence-electron chi connectivity index (χ0n) is 6.96. The fraction of sp³-hybridized carbons (Fsp3) is 0.875. The van der Waals surface area contributed by atoms with Crippen LogP contribution in [-0.2, 0) is 9.53 Å². The molecule has 0 radical (unpaired) electrons. The van der Waals surface area contributed by atoms with Gasteiger partial charge in [-0.1, -0.05) is 6.92 Å². The van der Waals surface area contributed by atoms with Gasteiger partial charge in [0.1, 0.15) is 0 Å². The maximum absolute atomic E-state index is 11.1. The average molecular weight is 158 g/mol. The molecule has 0 spiro atoms. The van der Waals surface area contributed by atoms with Gasteiger partial charge in [0.05, 0.1) is 19.1 Å². The van der Waals surface area contributed by atoms with Gasteiger partial charge in [-0.3, -0.25) is 4.79 Å². The summed E-state index contributed by atoms with van der Waals surface area (Å²) in [5, 5.41) is 8.96. The predicted octanol–water partition coefficient (Wildman–Crippen LogP) is 0.568. The van der Waals surface area contributed by atoms with Crippen molar-refractivity contribution < 1.29 is 14.6 Å². The second kappa shape index (κ2) is 2.81. The number of hydrogen-bond acceptors (Lipinski definition) is 3. The van der Waals surface area contributed by atoms with Gasteiger partial charge in [0, 0.05) is 0 Å². The van der Waals surface area contributed by atoms with Crippen LogP contribution in [-0.4, -0.2) is 24.8 Å². The van der Waals surface area contributed by atoms with E-state index in [1.807, 2.05) is 0 Å². The van der Waals surface area contributed by atoms with E-state index < -0.39 is 5.41 Å². The Morgan fingerprint density at radius 3 is 2.55 bits per heavy atom. The lowest BCUT2D eigenvalue weighted by Crippen LogP contribution is -2.46. The molecule has 0 unspecified atom stereocenters. The molecule has 11 heavy (non-hydrogen) atoms. The summed E-state index contributed by atoms with van der Waals surface area (Å²) in [6, 6.07) is 0. The number of carbonyl (C=O) groups is 1. The molecule has 1 fully saturated rings. The average Bonchev–Trinajstić information content (AvgIpc) is 1.96. The molecule has 0 atom stereocenters. The van der Waals surface area contributed by atoms with E-state index in [-0.39, 0.29) is 12.6 Å². The van der Waals surface area contributed by atoms with Crippen molar-refractivity contribution in [2.45, 2.75) is 19.8 Å².